The summed E-state index contributed by atoms with van der Waals surface area (Å²) < 4.78 is 27.3. The maximum Gasteiger partial charge on any atom is 0.269 e. The molecule has 8 heteroatoms. The van der Waals surface area contributed by atoms with E-state index < -0.39 is 0 Å². The highest BCUT2D eigenvalue weighted by Crippen LogP contribution is 2.47. The van der Waals surface area contributed by atoms with E-state index in [-0.39, 0.29) is 17.5 Å². The molecule has 0 saturated carbocycles. The van der Waals surface area contributed by atoms with Gasteiger partial charge in [-0.3, -0.25) is 13.7 Å². The van der Waals surface area contributed by atoms with Gasteiger partial charge in [-0.15, -0.1) is 0 Å². The second-order valence-electron chi connectivity index (χ2n) is 18.6. The van der Waals surface area contributed by atoms with Crippen molar-refractivity contribution in [1.29, 1.82) is 0 Å². The summed E-state index contributed by atoms with van der Waals surface area (Å²) in [5.74, 6) is 5.55. The van der Waals surface area contributed by atoms with Gasteiger partial charge in [0.15, 0.2) is 0 Å². The highest BCUT2D eigenvalue weighted by molar-refractivity contribution is 6.98. The third-order valence-corrected chi connectivity index (χ3v) is 13.5. The number of aromatic nitrogens is 4. The van der Waals surface area contributed by atoms with Crippen molar-refractivity contribution in [3.05, 3.63) is 181 Å². The fourth-order valence-electron chi connectivity index (χ4n) is 10.4. The van der Waals surface area contributed by atoms with Crippen molar-refractivity contribution in [3.63, 3.8) is 0 Å². The van der Waals surface area contributed by atoms with Gasteiger partial charge in [0.1, 0.15) is 40.3 Å². The number of nitrogens with zero attached hydrogens (tertiary/aromatic N) is 4. The minimum atomic E-state index is -0.245. The average molecular weight is 817 g/mol. The molecular weight excluding hydrogens is 775 g/mol. The number of ether oxygens (including phenoxy) is 3. The molecule has 0 fully saturated rings. The van der Waals surface area contributed by atoms with Crippen molar-refractivity contribution in [3.8, 4) is 51.7 Å². The Labute approximate surface area is 365 Å². The van der Waals surface area contributed by atoms with Gasteiger partial charge in [0, 0.05) is 34.6 Å². The van der Waals surface area contributed by atoms with E-state index in [9.17, 15) is 0 Å². The Morgan fingerprint density at radius 1 is 0.683 bits per heavy atom. The predicted octanol–water partition coefficient (Wildman–Crippen LogP) is 10.7. The van der Waals surface area contributed by atoms with Gasteiger partial charge in [-0.05, 0) is 93.7 Å². The van der Waals surface area contributed by atoms with Crippen LogP contribution in [0.4, 0.5) is 0 Å². The summed E-state index contributed by atoms with van der Waals surface area (Å²) in [5, 5.41) is 2.04. The predicted molar refractivity (Wildman–Crippen MR) is 251 cm³/mol. The lowest BCUT2D eigenvalue weighted by Gasteiger charge is -2.34. The van der Waals surface area contributed by atoms with Gasteiger partial charge in [0.2, 0.25) is 0 Å². The fourth-order valence-corrected chi connectivity index (χ4v) is 10.4. The van der Waals surface area contributed by atoms with Crippen LogP contribution in [0.1, 0.15) is 51.3 Å². The summed E-state index contributed by atoms with van der Waals surface area (Å²) in [4.78, 5) is 5.03. The van der Waals surface area contributed by atoms with E-state index in [1.165, 1.54) is 16.7 Å². The van der Waals surface area contributed by atoms with E-state index in [4.69, 9.17) is 19.2 Å². The van der Waals surface area contributed by atoms with E-state index in [0.29, 0.717) is 5.75 Å². The summed E-state index contributed by atoms with van der Waals surface area (Å²) >= 11 is 0. The molecule has 0 unspecified atom stereocenters. The van der Waals surface area contributed by atoms with Gasteiger partial charge < -0.3 is 14.2 Å². The summed E-state index contributed by atoms with van der Waals surface area (Å²) in [5.41, 5.74) is 12.9. The molecule has 10 aromatic rings. The van der Waals surface area contributed by atoms with Crippen LogP contribution in [-0.2, 0) is 10.8 Å². The normalized spacial score (nSPS) is 14.1. The SMILES string of the molecule is CC(C)(C)c1ccnc(-n2c3cc(Oc4ccc5c(c4)-n4[c-][n+](-c6ccccc6)c6cccc(c64)C5(C)C)ccc3c3c4c5c(cc32)Oc2ccccc2B5c2ccccc2O4)c1. The van der Waals surface area contributed by atoms with Gasteiger partial charge in [0.25, 0.3) is 13.0 Å². The molecule has 6 heterocycles. The number of para-hydroxylation sites is 4. The maximum atomic E-state index is 7.01. The monoisotopic (exact) mass is 816 g/mol. The lowest BCUT2D eigenvalue weighted by atomic mass is 9.35. The molecule has 3 aliphatic rings. The number of benzene rings is 7. The second kappa shape index (κ2) is 12.7. The van der Waals surface area contributed by atoms with Crippen LogP contribution in [0.25, 0.3) is 50.0 Å². The zero-order valence-electron chi connectivity index (χ0n) is 35.6. The topological polar surface area (TPSA) is 54.3 Å². The highest BCUT2D eigenvalue weighted by Gasteiger charge is 2.42. The molecule has 0 atom stereocenters. The molecule has 13 rings (SSSR count). The standard InChI is InChI=1S/C55H41BN4O3/c1-54(2,3)33-26-27-57-49(28-33)60-43-29-35(61-36-23-25-38-44(30-36)59-32-58(34-14-7-6-8-15-34)42-19-13-16-39(52(42)59)55(38,4)5)22-24-37(43)50-45(60)31-48-51-53(50)63-47-21-12-10-18-41(47)56(51)40-17-9-11-20-46(40)62-48/h6-31H,1-5H3. The quantitative estimate of drug-likeness (QED) is 0.101. The first kappa shape index (κ1) is 36.1. The molecule has 0 N–H and O–H groups in total. The van der Waals surface area contributed by atoms with Crippen LogP contribution in [0, 0.1) is 6.33 Å². The Hall–Kier alpha value is -7.58. The van der Waals surface area contributed by atoms with Gasteiger partial charge in [0.05, 0.1) is 38.8 Å². The van der Waals surface area contributed by atoms with E-state index in [1.54, 1.807) is 0 Å². The molecule has 63 heavy (non-hydrogen) atoms. The molecule has 0 spiro atoms. The highest BCUT2D eigenvalue weighted by atomic mass is 16.5. The average Bonchev–Trinajstić information content (AvgIpc) is 3.85. The first-order valence-corrected chi connectivity index (χ1v) is 21.6. The molecule has 302 valence electrons. The van der Waals surface area contributed by atoms with Crippen LogP contribution in [0.15, 0.2) is 158 Å². The molecule has 7 nitrogen and oxygen atoms in total. The minimum absolute atomic E-state index is 0.0421. The first-order chi connectivity index (χ1) is 30.6. The van der Waals surface area contributed by atoms with Gasteiger partial charge >= 0.3 is 0 Å². The van der Waals surface area contributed by atoms with E-state index in [0.717, 1.165) is 95.2 Å². The minimum Gasteiger partial charge on any atom is -0.458 e. The van der Waals surface area contributed by atoms with Gasteiger partial charge in [-0.2, -0.15) is 0 Å². The summed E-state index contributed by atoms with van der Waals surface area (Å²) in [6.07, 6.45) is 5.62. The van der Waals surface area contributed by atoms with E-state index >= 15 is 0 Å². The Bertz CT molecular complexity index is 3570. The van der Waals surface area contributed by atoms with Crippen molar-refractivity contribution < 1.29 is 18.8 Å². The molecular formula is C55H41BN4O3. The Morgan fingerprint density at radius 3 is 2.21 bits per heavy atom. The van der Waals surface area contributed by atoms with Crippen molar-refractivity contribution >= 4 is 55.9 Å². The number of hydrogen-bond donors (Lipinski definition) is 0. The number of pyridine rings is 1. The molecule has 0 saturated heterocycles. The van der Waals surface area contributed by atoms with Crippen LogP contribution in [-0.4, -0.2) is 20.8 Å². The maximum absolute atomic E-state index is 7.01. The zero-order valence-corrected chi connectivity index (χ0v) is 35.6. The summed E-state index contributed by atoms with van der Waals surface area (Å²) in [6.45, 7) is 11.3. The first-order valence-electron chi connectivity index (χ1n) is 21.6. The Morgan fingerprint density at radius 2 is 1.41 bits per heavy atom. The molecule has 0 radical (unpaired) electrons. The van der Waals surface area contributed by atoms with E-state index in [1.807, 2.05) is 24.4 Å². The van der Waals surface area contributed by atoms with Gasteiger partial charge in [-0.1, -0.05) is 113 Å². The number of rotatable bonds is 4. The van der Waals surface area contributed by atoms with E-state index in [2.05, 4.69) is 188 Å². The third-order valence-electron chi connectivity index (χ3n) is 13.5. The zero-order chi connectivity index (χ0) is 42.4. The number of hydrogen-bond acceptors (Lipinski definition) is 4. The van der Waals surface area contributed by atoms with Crippen LogP contribution >= 0.6 is 0 Å². The summed E-state index contributed by atoms with van der Waals surface area (Å²) in [7, 11) is 0. The Kier molecular flexibility index (Phi) is 7.30. The van der Waals surface area contributed by atoms with Crippen molar-refractivity contribution in [1.82, 2.24) is 14.1 Å². The third kappa shape index (κ3) is 5.15. The fraction of sp³-hybridized carbons (Fsp3) is 0.127. The Balaban J connectivity index is 1.01. The molecule has 7 aromatic carbocycles. The molecule has 3 aliphatic heterocycles. The molecule has 3 aromatic heterocycles. The van der Waals surface area contributed by atoms with Crippen molar-refractivity contribution in [2.75, 3.05) is 0 Å². The van der Waals surface area contributed by atoms with Crippen molar-refractivity contribution in [2.24, 2.45) is 0 Å². The number of fused-ring (bicyclic) bond motifs is 10. The van der Waals surface area contributed by atoms with Crippen LogP contribution in [0.3, 0.4) is 0 Å². The largest absolute Gasteiger partial charge is 0.458 e. The second-order valence-corrected chi connectivity index (χ2v) is 18.6. The smallest absolute Gasteiger partial charge is 0.269 e. The van der Waals surface area contributed by atoms with Crippen LogP contribution in [0.5, 0.6) is 34.5 Å². The molecule has 0 aliphatic carbocycles. The lowest BCUT2D eigenvalue weighted by molar-refractivity contribution is -0.572. The number of imidazole rings is 1. The van der Waals surface area contributed by atoms with Crippen LogP contribution in [0.2, 0.25) is 0 Å². The lowest BCUT2D eigenvalue weighted by Crippen LogP contribution is -2.57. The summed E-state index contributed by atoms with van der Waals surface area (Å²) in [6, 6.07) is 53.1. The van der Waals surface area contributed by atoms with Gasteiger partial charge in [-0.25, -0.2) is 4.98 Å². The van der Waals surface area contributed by atoms with Crippen molar-refractivity contribution in [2.45, 2.75) is 45.4 Å². The molecule has 0 bridgehead atoms. The molecule has 0 amide bonds. The van der Waals surface area contributed by atoms with Crippen LogP contribution < -0.4 is 35.2 Å².